The molecule has 0 amide bonds. The Kier molecular flexibility index (Phi) is 0.638. The molecule has 0 bridgehead atoms. The first kappa shape index (κ1) is 5.55. The Morgan fingerprint density at radius 3 is 3.42 bits per heavy atom. The van der Waals surface area contributed by atoms with E-state index in [2.05, 4.69) is 30.4 Å². The number of hydrogen-bond donors (Lipinski definition) is 0. The van der Waals surface area contributed by atoms with Gasteiger partial charge in [-0.25, -0.2) is 0 Å². The van der Waals surface area contributed by atoms with Crippen molar-refractivity contribution in [2.24, 2.45) is 0 Å². The van der Waals surface area contributed by atoms with Crippen LogP contribution in [0.25, 0.3) is 0 Å². The Bertz CT molecular complexity index is 409. The lowest BCUT2D eigenvalue weighted by molar-refractivity contribution is 0.367. The second kappa shape index (κ2) is 1.38. The van der Waals surface area contributed by atoms with Gasteiger partial charge in [0, 0.05) is 0 Å². The third-order valence-corrected chi connectivity index (χ3v) is 3.14. The van der Waals surface area contributed by atoms with E-state index in [1.807, 2.05) is 0 Å². The molecule has 1 heteroatoms. The van der Waals surface area contributed by atoms with Gasteiger partial charge in [-0.2, -0.15) is 0 Å². The highest BCUT2D eigenvalue weighted by atomic mass is 16.6. The van der Waals surface area contributed by atoms with Crippen molar-refractivity contribution < 1.29 is 4.74 Å². The summed E-state index contributed by atoms with van der Waals surface area (Å²) < 4.78 is 5.76. The molecule has 4 rings (SSSR count). The van der Waals surface area contributed by atoms with Crippen LogP contribution < -0.4 is 0 Å². The molecule has 1 nitrogen and oxygen atoms in total. The number of hydrogen-bond acceptors (Lipinski definition) is 1. The maximum absolute atomic E-state index is 5.76. The first-order chi connectivity index (χ1) is 5.90. The maximum Gasteiger partial charge on any atom is 0.142 e. The van der Waals surface area contributed by atoms with Crippen molar-refractivity contribution in [3.05, 3.63) is 47.1 Å². The van der Waals surface area contributed by atoms with Gasteiger partial charge in [0.15, 0.2) is 0 Å². The van der Waals surface area contributed by atoms with Crippen molar-refractivity contribution in [2.45, 2.75) is 18.1 Å². The van der Waals surface area contributed by atoms with E-state index in [9.17, 15) is 0 Å². The minimum absolute atomic E-state index is 0.00984. The molecule has 1 heterocycles. The van der Waals surface area contributed by atoms with Crippen LogP contribution in [0.3, 0.4) is 0 Å². The van der Waals surface area contributed by atoms with Gasteiger partial charge in [-0.3, -0.25) is 0 Å². The number of rotatable bonds is 0. The molecule has 0 aromatic rings. The van der Waals surface area contributed by atoms with Crippen LogP contribution in [-0.2, 0) is 4.74 Å². The van der Waals surface area contributed by atoms with Crippen molar-refractivity contribution in [2.75, 3.05) is 0 Å². The lowest BCUT2D eigenvalue weighted by Crippen LogP contribution is -2.16. The predicted molar refractivity (Wildman–Crippen MR) is 45.6 cm³/mol. The zero-order valence-electron chi connectivity index (χ0n) is 6.58. The fourth-order valence-corrected chi connectivity index (χ4v) is 2.34. The van der Waals surface area contributed by atoms with Crippen LogP contribution in [0.5, 0.6) is 0 Å². The third-order valence-electron chi connectivity index (χ3n) is 3.14. The van der Waals surface area contributed by atoms with E-state index in [4.69, 9.17) is 4.74 Å². The monoisotopic (exact) mass is 156 g/mol. The summed E-state index contributed by atoms with van der Waals surface area (Å²) in [7, 11) is 0. The molecular formula is C11H8O. The summed E-state index contributed by atoms with van der Waals surface area (Å²) in [6.45, 7) is 0. The Hall–Kier alpha value is -1.08. The highest BCUT2D eigenvalue weighted by Crippen LogP contribution is 2.60. The topological polar surface area (TPSA) is 12.5 Å². The quantitative estimate of drug-likeness (QED) is 0.488. The molecule has 0 N–H and O–H groups in total. The van der Waals surface area contributed by atoms with Crippen LogP contribution in [0.4, 0.5) is 0 Å². The summed E-state index contributed by atoms with van der Waals surface area (Å²) in [4.78, 5) is 0. The smallest absolute Gasteiger partial charge is 0.142 e. The van der Waals surface area contributed by atoms with Crippen molar-refractivity contribution in [1.82, 2.24) is 0 Å². The molecule has 1 saturated heterocycles. The maximum atomic E-state index is 5.76. The lowest BCUT2D eigenvalue weighted by Gasteiger charge is -2.13. The third kappa shape index (κ3) is 0.434. The van der Waals surface area contributed by atoms with E-state index < -0.39 is 0 Å². The molecule has 0 aromatic carbocycles. The SMILES string of the molecule is C1=CC2=CC3=C(C3)C3OC23C=C1. The van der Waals surface area contributed by atoms with E-state index in [1.54, 1.807) is 5.57 Å². The number of epoxide rings is 1. The molecule has 1 aliphatic heterocycles. The second-order valence-electron chi connectivity index (χ2n) is 3.84. The molecule has 4 aliphatic rings. The molecule has 0 saturated carbocycles. The number of ether oxygens (including phenoxy) is 1. The Morgan fingerprint density at radius 1 is 1.42 bits per heavy atom. The molecule has 0 aromatic heterocycles. The molecule has 1 spiro atoms. The summed E-state index contributed by atoms with van der Waals surface area (Å²) in [6.07, 6.45) is 12.4. The van der Waals surface area contributed by atoms with Crippen LogP contribution in [0, 0.1) is 0 Å². The minimum Gasteiger partial charge on any atom is -0.352 e. The highest BCUT2D eigenvalue weighted by Gasteiger charge is 2.63. The minimum atomic E-state index is -0.00984. The summed E-state index contributed by atoms with van der Waals surface area (Å²) >= 11 is 0. The van der Waals surface area contributed by atoms with E-state index in [0.29, 0.717) is 6.10 Å². The van der Waals surface area contributed by atoms with Gasteiger partial charge in [-0.15, -0.1) is 0 Å². The van der Waals surface area contributed by atoms with Crippen LogP contribution in [-0.4, -0.2) is 11.7 Å². The van der Waals surface area contributed by atoms with Crippen molar-refractivity contribution in [3.63, 3.8) is 0 Å². The molecule has 0 radical (unpaired) electrons. The Balaban J connectivity index is 1.99. The van der Waals surface area contributed by atoms with Gasteiger partial charge >= 0.3 is 0 Å². The molecule has 3 aliphatic carbocycles. The van der Waals surface area contributed by atoms with Crippen LogP contribution in [0.15, 0.2) is 47.1 Å². The summed E-state index contributed by atoms with van der Waals surface area (Å²) in [5, 5.41) is 0. The van der Waals surface area contributed by atoms with Crippen molar-refractivity contribution in [3.8, 4) is 0 Å². The molecule has 58 valence electrons. The lowest BCUT2D eigenvalue weighted by atomic mass is 9.88. The van der Waals surface area contributed by atoms with Gasteiger partial charge in [0.2, 0.25) is 0 Å². The van der Waals surface area contributed by atoms with Crippen molar-refractivity contribution >= 4 is 0 Å². The van der Waals surface area contributed by atoms with Crippen molar-refractivity contribution in [1.29, 1.82) is 0 Å². The highest BCUT2D eigenvalue weighted by molar-refractivity contribution is 5.65. The van der Waals surface area contributed by atoms with Crippen LogP contribution >= 0.6 is 0 Å². The first-order valence-corrected chi connectivity index (χ1v) is 4.38. The summed E-state index contributed by atoms with van der Waals surface area (Å²) in [6, 6.07) is 0. The van der Waals surface area contributed by atoms with Crippen LogP contribution in [0.2, 0.25) is 0 Å². The van der Waals surface area contributed by atoms with Gasteiger partial charge < -0.3 is 4.74 Å². The fourth-order valence-electron chi connectivity index (χ4n) is 2.34. The van der Waals surface area contributed by atoms with Gasteiger partial charge in [0.05, 0.1) is 0 Å². The van der Waals surface area contributed by atoms with Gasteiger partial charge in [-0.05, 0) is 29.2 Å². The van der Waals surface area contributed by atoms with E-state index >= 15 is 0 Å². The van der Waals surface area contributed by atoms with Crippen LogP contribution in [0.1, 0.15) is 6.42 Å². The fraction of sp³-hybridized carbons (Fsp3) is 0.273. The van der Waals surface area contributed by atoms with E-state index in [-0.39, 0.29) is 5.60 Å². The Labute approximate surface area is 70.7 Å². The number of fused-ring (bicyclic) bond motifs is 1. The average Bonchev–Trinajstić information content (AvgIpc) is 2.92. The summed E-state index contributed by atoms with van der Waals surface area (Å²) in [5.74, 6) is 0. The van der Waals surface area contributed by atoms with E-state index in [0.717, 1.165) is 0 Å². The normalized spacial score (nSPS) is 44.7. The van der Waals surface area contributed by atoms with Gasteiger partial charge in [0.1, 0.15) is 11.7 Å². The zero-order valence-corrected chi connectivity index (χ0v) is 6.58. The van der Waals surface area contributed by atoms with Gasteiger partial charge in [-0.1, -0.05) is 24.3 Å². The molecule has 2 unspecified atom stereocenters. The van der Waals surface area contributed by atoms with E-state index in [1.165, 1.54) is 17.6 Å². The average molecular weight is 156 g/mol. The molecule has 2 atom stereocenters. The van der Waals surface area contributed by atoms with Gasteiger partial charge in [0.25, 0.3) is 0 Å². The number of allylic oxidation sites excluding steroid dienone is 4. The zero-order chi connectivity index (χ0) is 7.76. The predicted octanol–water partition coefficient (Wildman–Crippen LogP) is 1.89. The molecular weight excluding hydrogens is 148 g/mol. The second-order valence-corrected chi connectivity index (χ2v) is 3.84. The molecule has 12 heavy (non-hydrogen) atoms. The Morgan fingerprint density at radius 2 is 2.42 bits per heavy atom. The summed E-state index contributed by atoms with van der Waals surface area (Å²) in [5.41, 5.74) is 4.40. The first-order valence-electron chi connectivity index (χ1n) is 4.38. The largest absolute Gasteiger partial charge is 0.352 e. The molecule has 1 fully saturated rings. The standard InChI is InChI=1S/C11H8O/c1-2-4-11-8(3-1)5-7-6-9(7)10(11)12-11/h1-5,10H,6H2.